The van der Waals surface area contributed by atoms with Gasteiger partial charge in [-0.05, 0) is 11.6 Å². The minimum absolute atomic E-state index is 0.0627. The Morgan fingerprint density at radius 3 is 2.75 bits per heavy atom. The number of carboxylic acids is 1. The summed E-state index contributed by atoms with van der Waals surface area (Å²) in [6.07, 6.45) is 3.24. The summed E-state index contributed by atoms with van der Waals surface area (Å²) in [4.78, 5) is 46.8. The third kappa shape index (κ3) is 3.97. The number of carbonyl (C=O) groups is 3. The van der Waals surface area contributed by atoms with E-state index >= 15 is 0 Å². The fourth-order valence-electron chi connectivity index (χ4n) is 3.12. The van der Waals surface area contributed by atoms with Crippen molar-refractivity contribution >= 4 is 80.7 Å². The van der Waals surface area contributed by atoms with Crippen LogP contribution in [0.3, 0.4) is 0 Å². The zero-order valence-electron chi connectivity index (χ0n) is 15.8. The van der Waals surface area contributed by atoms with Crippen molar-refractivity contribution in [2.45, 2.75) is 11.4 Å². The van der Waals surface area contributed by atoms with Crippen LogP contribution in [0, 0.1) is 0 Å². The number of β-lactam (4-membered cyclic amide) rings is 1. The molecule has 32 heavy (non-hydrogen) atoms. The van der Waals surface area contributed by atoms with Crippen LogP contribution in [0.15, 0.2) is 33.4 Å². The molecule has 2 aliphatic heterocycles. The van der Waals surface area contributed by atoms with Crippen LogP contribution in [-0.4, -0.2) is 65.8 Å². The van der Waals surface area contributed by atoms with Crippen molar-refractivity contribution < 1.29 is 24.7 Å². The number of carbonyl (C=O) groups excluding carboxylic acids is 2. The molecule has 4 rings (SSSR count). The summed E-state index contributed by atoms with van der Waals surface area (Å²) in [5.74, 6) is -2.40. The molecule has 2 aromatic rings. The average Bonchev–Trinajstić information content (AvgIpc) is 3.37. The first kappa shape index (κ1) is 22.3. The summed E-state index contributed by atoms with van der Waals surface area (Å²) in [5.41, 5.74) is 7.03. The number of halogens is 1. The number of aromatic nitrogens is 2. The summed E-state index contributed by atoms with van der Waals surface area (Å²) >= 11 is 9.61. The van der Waals surface area contributed by atoms with E-state index in [1.165, 1.54) is 28.5 Å². The molecule has 0 aromatic carbocycles. The number of hydrogen-bond donors (Lipinski definition) is 4. The maximum atomic E-state index is 12.7. The average molecular weight is 513 g/mol. The first-order valence-electron chi connectivity index (χ1n) is 8.74. The van der Waals surface area contributed by atoms with Crippen molar-refractivity contribution in [1.29, 1.82) is 0 Å². The van der Waals surface area contributed by atoms with Crippen molar-refractivity contribution in [2.75, 3.05) is 11.5 Å². The van der Waals surface area contributed by atoms with E-state index in [1.807, 2.05) is 0 Å². The van der Waals surface area contributed by atoms with Gasteiger partial charge in [0.2, 0.25) is 0 Å². The summed E-state index contributed by atoms with van der Waals surface area (Å²) in [5, 5.41) is 25.7. The smallest absolute Gasteiger partial charge is 0.352 e. The molecule has 2 atom stereocenters. The number of thioether (sulfide) groups is 1. The normalized spacial score (nSPS) is 21.0. The minimum Gasteiger partial charge on any atom is -0.477 e. The van der Waals surface area contributed by atoms with Crippen molar-refractivity contribution in [2.24, 2.45) is 5.16 Å². The Balaban J connectivity index is 1.53. The second-order valence-corrected chi connectivity index (χ2v) is 9.64. The maximum absolute atomic E-state index is 12.7. The largest absolute Gasteiger partial charge is 0.477 e. The van der Waals surface area contributed by atoms with Crippen LogP contribution in [0.4, 0.5) is 5.13 Å². The molecule has 0 bridgehead atoms. The van der Waals surface area contributed by atoms with E-state index in [4.69, 9.17) is 17.3 Å². The van der Waals surface area contributed by atoms with Crippen LogP contribution in [-0.2, 0) is 14.4 Å². The van der Waals surface area contributed by atoms with Gasteiger partial charge in [0.1, 0.15) is 28.0 Å². The highest BCUT2D eigenvalue weighted by Gasteiger charge is 2.54. The molecular weight excluding hydrogens is 500 g/mol. The number of anilines is 1. The molecule has 1 saturated heterocycles. The quantitative estimate of drug-likeness (QED) is 0.193. The van der Waals surface area contributed by atoms with Crippen molar-refractivity contribution in [3.63, 3.8) is 0 Å². The molecule has 2 aliphatic rings. The highest BCUT2D eigenvalue weighted by atomic mass is 35.5. The van der Waals surface area contributed by atoms with Crippen molar-refractivity contribution in [3.8, 4) is 0 Å². The van der Waals surface area contributed by atoms with Gasteiger partial charge in [0.25, 0.3) is 11.8 Å². The number of oxime groups is 1. The molecule has 2 amide bonds. The summed E-state index contributed by atoms with van der Waals surface area (Å²) < 4.78 is 0. The van der Waals surface area contributed by atoms with Gasteiger partial charge in [0, 0.05) is 11.1 Å². The second-order valence-electron chi connectivity index (χ2n) is 6.40. The molecule has 2 unspecified atom stereocenters. The van der Waals surface area contributed by atoms with E-state index in [2.05, 4.69) is 20.4 Å². The molecule has 1 fully saturated rings. The molecule has 4 heterocycles. The zero-order valence-corrected chi connectivity index (χ0v) is 19.0. The first-order valence-corrected chi connectivity index (χ1v) is 11.9. The van der Waals surface area contributed by atoms with Gasteiger partial charge >= 0.3 is 5.97 Å². The number of amides is 2. The second kappa shape index (κ2) is 8.90. The highest BCUT2D eigenvalue weighted by molar-refractivity contribution is 8.00. The van der Waals surface area contributed by atoms with Gasteiger partial charge in [0.15, 0.2) is 10.8 Å². The van der Waals surface area contributed by atoms with Crippen LogP contribution in [0.1, 0.15) is 10.6 Å². The van der Waals surface area contributed by atoms with Crippen molar-refractivity contribution in [3.05, 3.63) is 44.0 Å². The Morgan fingerprint density at radius 1 is 1.38 bits per heavy atom. The molecular formula is C17H13ClN6O5S3. The third-order valence-corrected chi connectivity index (χ3v) is 7.74. The lowest BCUT2D eigenvalue weighted by Crippen LogP contribution is -2.71. The number of hydrogen-bond acceptors (Lipinski definition) is 11. The van der Waals surface area contributed by atoms with Crippen LogP contribution >= 0.6 is 46.0 Å². The number of nitrogens with two attached hydrogens (primary N) is 1. The number of aliphatic carboxylic acids is 1. The van der Waals surface area contributed by atoms with Crippen LogP contribution in [0.2, 0.25) is 5.15 Å². The molecule has 0 radical (unpaired) electrons. The molecule has 0 aliphatic carbocycles. The number of thiazole rings is 2. The molecule has 15 heteroatoms. The van der Waals surface area contributed by atoms with Gasteiger partial charge in [-0.25, -0.2) is 14.8 Å². The number of nitrogens with zero attached hydrogens (tertiary/aromatic N) is 4. The predicted octanol–water partition coefficient (Wildman–Crippen LogP) is 1.47. The molecule has 0 spiro atoms. The molecule has 2 aromatic heterocycles. The van der Waals surface area contributed by atoms with E-state index in [1.54, 1.807) is 17.7 Å². The summed E-state index contributed by atoms with van der Waals surface area (Å²) in [6.45, 7) is 0. The zero-order chi connectivity index (χ0) is 23.0. The molecule has 5 N–H and O–H groups in total. The fraction of sp³-hybridized carbons (Fsp3) is 0.176. The number of rotatable bonds is 6. The first-order chi connectivity index (χ1) is 15.3. The maximum Gasteiger partial charge on any atom is 0.352 e. The molecule has 166 valence electrons. The third-order valence-electron chi connectivity index (χ3n) is 4.55. The van der Waals surface area contributed by atoms with Gasteiger partial charge in [-0.15, -0.1) is 34.4 Å². The SMILES string of the molecule is Nc1nc(/C(=N\O)C(=O)NC2C(=O)N3C(C(=O)O)=C(/C=C/c4scnc4Cl)CSC23)cs1. The van der Waals surface area contributed by atoms with E-state index in [0.717, 1.165) is 16.2 Å². The minimum atomic E-state index is -1.26. The monoisotopic (exact) mass is 512 g/mol. The van der Waals surface area contributed by atoms with Gasteiger partial charge in [-0.2, -0.15) is 0 Å². The van der Waals surface area contributed by atoms with Crippen LogP contribution in [0.25, 0.3) is 6.08 Å². The van der Waals surface area contributed by atoms with Crippen LogP contribution in [0.5, 0.6) is 0 Å². The number of carboxylic acid groups (broad SMARTS) is 1. The number of fused-ring (bicyclic) bond motifs is 1. The lowest BCUT2D eigenvalue weighted by molar-refractivity contribution is -0.150. The number of nitrogens with one attached hydrogen (secondary N) is 1. The Labute approximate surface area is 197 Å². The lowest BCUT2D eigenvalue weighted by Gasteiger charge is -2.49. The predicted molar refractivity (Wildman–Crippen MR) is 121 cm³/mol. The standard InChI is InChI=1S/C17H13ClN6O5S3/c18-12-8(32-5-20-12)2-1-6-3-30-15-10(14(26)24(15)11(6)16(27)28)22-13(25)9(23-29)7-4-31-17(19)21-7/h1-2,4-5,10,15,29H,3H2,(H2,19,21)(H,22,25)(H,27,28)/b2-1+,23-9+. The van der Waals surface area contributed by atoms with Gasteiger partial charge in [-0.3, -0.25) is 14.5 Å². The van der Waals surface area contributed by atoms with Gasteiger partial charge in [0.05, 0.1) is 10.4 Å². The highest BCUT2D eigenvalue weighted by Crippen LogP contribution is 2.41. The molecule has 11 nitrogen and oxygen atoms in total. The number of nitrogen functional groups attached to an aromatic ring is 1. The molecule has 0 saturated carbocycles. The summed E-state index contributed by atoms with van der Waals surface area (Å²) in [6, 6.07) is -0.990. The Morgan fingerprint density at radius 2 is 2.16 bits per heavy atom. The van der Waals surface area contributed by atoms with Gasteiger partial charge in [-0.1, -0.05) is 22.8 Å². The van der Waals surface area contributed by atoms with E-state index < -0.39 is 34.9 Å². The fourth-order valence-corrected chi connectivity index (χ4v) is 5.85. The lowest BCUT2D eigenvalue weighted by atomic mass is 10.0. The van der Waals surface area contributed by atoms with Crippen molar-refractivity contribution in [1.82, 2.24) is 20.2 Å². The Bertz CT molecular complexity index is 1200. The topological polar surface area (TPSA) is 171 Å². The Kier molecular flexibility index (Phi) is 6.19. The van der Waals surface area contributed by atoms with Gasteiger partial charge < -0.3 is 21.4 Å². The summed E-state index contributed by atoms with van der Waals surface area (Å²) in [7, 11) is 0. The number of allylic oxidation sites excluding steroid dienone is 1. The van der Waals surface area contributed by atoms with E-state index in [0.29, 0.717) is 21.4 Å². The van der Waals surface area contributed by atoms with E-state index in [-0.39, 0.29) is 16.5 Å². The Hall–Kier alpha value is -2.94. The van der Waals surface area contributed by atoms with E-state index in [9.17, 15) is 24.7 Å². The van der Waals surface area contributed by atoms with Crippen LogP contribution < -0.4 is 11.1 Å².